The molecule has 0 aliphatic rings. The van der Waals surface area contributed by atoms with E-state index in [1.54, 1.807) is 12.1 Å². The van der Waals surface area contributed by atoms with Gasteiger partial charge in [0.1, 0.15) is 5.82 Å². The third-order valence-electron chi connectivity index (χ3n) is 3.83. The minimum absolute atomic E-state index is 0.0422. The van der Waals surface area contributed by atoms with Crippen molar-refractivity contribution in [3.63, 3.8) is 0 Å². The second-order valence-electron chi connectivity index (χ2n) is 5.75. The van der Waals surface area contributed by atoms with E-state index in [9.17, 15) is 4.39 Å². The van der Waals surface area contributed by atoms with Crippen LogP contribution in [0, 0.1) is 26.6 Å². The van der Waals surface area contributed by atoms with Gasteiger partial charge in [-0.2, -0.15) is 0 Å². The predicted molar refractivity (Wildman–Crippen MR) is 87.2 cm³/mol. The molecule has 2 aromatic rings. The molecule has 1 unspecified atom stereocenters. The molecule has 0 saturated carbocycles. The van der Waals surface area contributed by atoms with E-state index >= 15 is 0 Å². The van der Waals surface area contributed by atoms with Crippen molar-refractivity contribution in [1.29, 1.82) is 0 Å². The molecule has 0 radical (unpaired) electrons. The molecule has 0 spiro atoms. The fourth-order valence-electron chi connectivity index (χ4n) is 2.89. The Bertz CT molecular complexity index is 578. The first-order chi connectivity index (χ1) is 10.0. The third-order valence-corrected chi connectivity index (χ3v) is 3.83. The first-order valence-electron chi connectivity index (χ1n) is 7.59. The molecular weight excluding hydrogens is 261 g/mol. The molecule has 0 heterocycles. The van der Waals surface area contributed by atoms with E-state index in [2.05, 4.69) is 50.4 Å². The van der Waals surface area contributed by atoms with E-state index in [0.717, 1.165) is 24.1 Å². The van der Waals surface area contributed by atoms with Gasteiger partial charge >= 0.3 is 0 Å². The van der Waals surface area contributed by atoms with Gasteiger partial charge in [0.05, 0.1) is 6.04 Å². The van der Waals surface area contributed by atoms with Crippen LogP contribution in [0.4, 0.5) is 4.39 Å². The number of halogens is 1. The van der Waals surface area contributed by atoms with Crippen molar-refractivity contribution in [2.45, 2.75) is 40.2 Å². The molecule has 0 aliphatic carbocycles. The molecule has 0 saturated heterocycles. The van der Waals surface area contributed by atoms with Crippen molar-refractivity contribution in [3.05, 3.63) is 70.0 Å². The first-order valence-corrected chi connectivity index (χ1v) is 7.59. The van der Waals surface area contributed by atoms with Crippen molar-refractivity contribution < 1.29 is 4.39 Å². The summed E-state index contributed by atoms with van der Waals surface area (Å²) in [6.45, 7) is 9.23. The zero-order valence-corrected chi connectivity index (χ0v) is 13.3. The number of benzene rings is 2. The highest BCUT2D eigenvalue weighted by Crippen LogP contribution is 2.29. The summed E-state index contributed by atoms with van der Waals surface area (Å²) < 4.78 is 13.8. The van der Waals surface area contributed by atoms with Gasteiger partial charge < -0.3 is 5.32 Å². The molecule has 1 nitrogen and oxygen atoms in total. The topological polar surface area (TPSA) is 12.0 Å². The minimum Gasteiger partial charge on any atom is -0.306 e. The van der Waals surface area contributed by atoms with Crippen LogP contribution in [0.15, 0.2) is 36.4 Å². The Balaban J connectivity index is 2.52. The maximum atomic E-state index is 13.8. The summed E-state index contributed by atoms with van der Waals surface area (Å²) >= 11 is 0. The molecule has 0 amide bonds. The number of nitrogens with one attached hydrogen (secondary N) is 1. The van der Waals surface area contributed by atoms with Crippen molar-refractivity contribution >= 4 is 0 Å². The molecule has 2 rings (SSSR count). The smallest absolute Gasteiger partial charge is 0.123 e. The Labute approximate surface area is 127 Å². The van der Waals surface area contributed by atoms with Crippen molar-refractivity contribution in [1.82, 2.24) is 5.32 Å². The minimum atomic E-state index is -0.167. The summed E-state index contributed by atoms with van der Waals surface area (Å²) in [4.78, 5) is 0. The fourth-order valence-corrected chi connectivity index (χ4v) is 2.89. The van der Waals surface area contributed by atoms with Crippen LogP contribution >= 0.6 is 0 Å². The number of rotatable bonds is 5. The van der Waals surface area contributed by atoms with Crippen LogP contribution < -0.4 is 5.32 Å². The van der Waals surface area contributed by atoms with E-state index in [4.69, 9.17) is 0 Å². The fraction of sp³-hybridized carbons (Fsp3) is 0.368. The molecule has 0 aliphatic heterocycles. The lowest BCUT2D eigenvalue weighted by molar-refractivity contribution is 0.581. The Kier molecular flexibility index (Phi) is 5.13. The largest absolute Gasteiger partial charge is 0.306 e. The number of aryl methyl sites for hydroxylation is 3. The van der Waals surface area contributed by atoms with Gasteiger partial charge in [-0.3, -0.25) is 0 Å². The maximum absolute atomic E-state index is 13.8. The molecular formula is C19H24FN. The quantitative estimate of drug-likeness (QED) is 0.829. The molecule has 0 bridgehead atoms. The summed E-state index contributed by atoms with van der Waals surface area (Å²) in [5.74, 6) is -0.167. The van der Waals surface area contributed by atoms with Gasteiger partial charge in [-0.25, -0.2) is 4.39 Å². The summed E-state index contributed by atoms with van der Waals surface area (Å²) in [5.41, 5.74) is 5.70. The van der Waals surface area contributed by atoms with E-state index in [0.29, 0.717) is 0 Å². The van der Waals surface area contributed by atoms with Gasteiger partial charge in [-0.1, -0.05) is 31.2 Å². The zero-order valence-electron chi connectivity index (χ0n) is 13.3. The van der Waals surface area contributed by atoms with Crippen molar-refractivity contribution in [3.8, 4) is 0 Å². The van der Waals surface area contributed by atoms with E-state index in [1.165, 1.54) is 16.7 Å². The lowest BCUT2D eigenvalue weighted by atomic mass is 9.90. The average molecular weight is 285 g/mol. The van der Waals surface area contributed by atoms with Crippen molar-refractivity contribution in [2.75, 3.05) is 6.54 Å². The second-order valence-corrected chi connectivity index (χ2v) is 5.75. The van der Waals surface area contributed by atoms with Gasteiger partial charge in [0, 0.05) is 0 Å². The Morgan fingerprint density at radius 2 is 1.71 bits per heavy atom. The summed E-state index contributed by atoms with van der Waals surface area (Å²) in [5, 5.41) is 3.57. The van der Waals surface area contributed by atoms with E-state index in [1.807, 2.05) is 6.92 Å². The molecule has 1 N–H and O–H groups in total. The highest BCUT2D eigenvalue weighted by molar-refractivity contribution is 5.42. The Morgan fingerprint density at radius 1 is 1.05 bits per heavy atom. The zero-order chi connectivity index (χ0) is 15.4. The highest BCUT2D eigenvalue weighted by atomic mass is 19.1. The summed E-state index contributed by atoms with van der Waals surface area (Å²) in [6.07, 6.45) is 1.05. The van der Waals surface area contributed by atoms with Crippen LogP contribution in [-0.2, 0) is 0 Å². The summed E-state index contributed by atoms with van der Waals surface area (Å²) in [6, 6.07) is 11.6. The molecule has 112 valence electrons. The molecule has 2 aromatic carbocycles. The third kappa shape index (κ3) is 3.70. The SMILES string of the molecule is CCCNC(c1cc(C)cc(F)c1)c1c(C)cccc1C. The van der Waals surface area contributed by atoms with Crippen LogP contribution in [0.25, 0.3) is 0 Å². The Morgan fingerprint density at radius 3 is 2.29 bits per heavy atom. The molecule has 0 fully saturated rings. The van der Waals surface area contributed by atoms with Gasteiger partial charge in [-0.05, 0) is 73.7 Å². The van der Waals surface area contributed by atoms with Crippen LogP contribution in [-0.4, -0.2) is 6.54 Å². The number of hydrogen-bond acceptors (Lipinski definition) is 1. The highest BCUT2D eigenvalue weighted by Gasteiger charge is 2.18. The second kappa shape index (κ2) is 6.86. The van der Waals surface area contributed by atoms with Gasteiger partial charge in [0.15, 0.2) is 0 Å². The van der Waals surface area contributed by atoms with Crippen LogP contribution in [0.2, 0.25) is 0 Å². The maximum Gasteiger partial charge on any atom is 0.123 e. The lowest BCUT2D eigenvalue weighted by Gasteiger charge is -2.24. The van der Waals surface area contributed by atoms with Gasteiger partial charge in [0.2, 0.25) is 0 Å². The van der Waals surface area contributed by atoms with Gasteiger partial charge in [0.25, 0.3) is 0 Å². The van der Waals surface area contributed by atoms with E-state index in [-0.39, 0.29) is 11.9 Å². The normalized spacial score (nSPS) is 12.4. The first kappa shape index (κ1) is 15.7. The average Bonchev–Trinajstić information content (AvgIpc) is 2.41. The van der Waals surface area contributed by atoms with Crippen molar-refractivity contribution in [2.24, 2.45) is 0 Å². The molecule has 0 aromatic heterocycles. The van der Waals surface area contributed by atoms with E-state index < -0.39 is 0 Å². The molecule has 1 atom stereocenters. The molecule has 21 heavy (non-hydrogen) atoms. The van der Waals surface area contributed by atoms with Crippen LogP contribution in [0.1, 0.15) is 47.2 Å². The standard InChI is InChI=1S/C19H24FN/c1-5-9-21-19(16-10-13(2)11-17(20)12-16)18-14(3)7-6-8-15(18)4/h6-8,10-12,19,21H,5,9H2,1-4H3. The van der Waals surface area contributed by atoms with Crippen LogP contribution in [0.3, 0.4) is 0 Å². The predicted octanol–water partition coefficient (Wildman–Crippen LogP) is 4.84. The molecule has 2 heteroatoms. The van der Waals surface area contributed by atoms with Crippen LogP contribution in [0.5, 0.6) is 0 Å². The number of hydrogen-bond donors (Lipinski definition) is 1. The Hall–Kier alpha value is -1.67. The summed E-state index contributed by atoms with van der Waals surface area (Å²) in [7, 11) is 0. The van der Waals surface area contributed by atoms with Gasteiger partial charge in [-0.15, -0.1) is 0 Å². The lowest BCUT2D eigenvalue weighted by Crippen LogP contribution is -2.25. The monoisotopic (exact) mass is 285 g/mol.